The van der Waals surface area contributed by atoms with Crippen molar-refractivity contribution < 1.29 is 5.11 Å². The van der Waals surface area contributed by atoms with Gasteiger partial charge in [0, 0.05) is 0 Å². The maximum atomic E-state index is 9.49. The summed E-state index contributed by atoms with van der Waals surface area (Å²) in [5.74, 6) is 0. The van der Waals surface area contributed by atoms with Gasteiger partial charge in [0.25, 0.3) is 0 Å². The van der Waals surface area contributed by atoms with Gasteiger partial charge in [-0.1, -0.05) is 43.7 Å². The molecule has 0 unspecified atom stereocenters. The molecule has 1 aliphatic rings. The molecule has 2 rings (SSSR count). The van der Waals surface area contributed by atoms with Crippen LogP contribution in [0, 0.1) is 5.41 Å². The number of aliphatic hydroxyl groups excluding tert-OH is 1. The molecule has 15 heavy (non-hydrogen) atoms. The van der Waals surface area contributed by atoms with Gasteiger partial charge in [0.15, 0.2) is 0 Å². The van der Waals surface area contributed by atoms with Crippen molar-refractivity contribution in [2.75, 3.05) is 0 Å². The Balaban J connectivity index is 2.02. The zero-order chi connectivity index (χ0) is 10.7. The molecule has 0 amide bonds. The highest BCUT2D eigenvalue weighted by Gasteiger charge is 2.42. The third-order valence-corrected chi connectivity index (χ3v) is 3.54. The van der Waals surface area contributed by atoms with Crippen LogP contribution in [0.2, 0.25) is 0 Å². The van der Waals surface area contributed by atoms with Crippen LogP contribution in [0.4, 0.5) is 0 Å². The minimum absolute atomic E-state index is 0.0414. The lowest BCUT2D eigenvalue weighted by Crippen LogP contribution is -2.42. The Kier molecular flexibility index (Phi) is 3.11. The van der Waals surface area contributed by atoms with Gasteiger partial charge in [-0.2, -0.15) is 0 Å². The summed E-state index contributed by atoms with van der Waals surface area (Å²) in [6.07, 6.45) is 5.56. The van der Waals surface area contributed by atoms with Gasteiger partial charge in [-0.3, -0.25) is 0 Å². The van der Waals surface area contributed by atoms with Gasteiger partial charge >= 0.3 is 0 Å². The maximum Gasteiger partial charge on any atom is 0.0551 e. The van der Waals surface area contributed by atoms with Gasteiger partial charge in [-0.15, -0.1) is 0 Å². The van der Waals surface area contributed by atoms with Crippen molar-refractivity contribution in [1.82, 2.24) is 0 Å². The summed E-state index contributed by atoms with van der Waals surface area (Å²) < 4.78 is 0. The van der Waals surface area contributed by atoms with E-state index in [4.69, 9.17) is 0 Å². The first-order valence-electron chi connectivity index (χ1n) is 5.96. The van der Waals surface area contributed by atoms with E-state index < -0.39 is 0 Å². The summed E-state index contributed by atoms with van der Waals surface area (Å²) in [6, 6.07) is 10.7. The number of rotatable bonds is 4. The quantitative estimate of drug-likeness (QED) is 0.798. The van der Waals surface area contributed by atoms with Crippen LogP contribution < -0.4 is 0 Å². The molecule has 1 N–H and O–H groups in total. The van der Waals surface area contributed by atoms with Crippen LogP contribution in [0.5, 0.6) is 0 Å². The second-order valence-electron chi connectivity index (χ2n) is 4.97. The molecule has 1 aliphatic carbocycles. The molecular formula is C14H20O. The van der Waals surface area contributed by atoms with Gasteiger partial charge in [-0.25, -0.2) is 0 Å². The molecule has 0 heterocycles. The van der Waals surface area contributed by atoms with E-state index in [-0.39, 0.29) is 6.10 Å². The van der Waals surface area contributed by atoms with Crippen LogP contribution in [0.3, 0.4) is 0 Å². The first-order valence-corrected chi connectivity index (χ1v) is 5.96. The van der Waals surface area contributed by atoms with E-state index in [0.717, 1.165) is 19.3 Å². The van der Waals surface area contributed by atoms with Crippen LogP contribution in [-0.2, 0) is 6.42 Å². The molecule has 0 radical (unpaired) electrons. The van der Waals surface area contributed by atoms with E-state index in [9.17, 15) is 5.11 Å². The van der Waals surface area contributed by atoms with Crippen molar-refractivity contribution >= 4 is 0 Å². The molecular weight excluding hydrogens is 184 g/mol. The minimum Gasteiger partial charge on any atom is -0.393 e. The average Bonchev–Trinajstić information content (AvgIpc) is 2.17. The van der Waals surface area contributed by atoms with E-state index >= 15 is 0 Å². The fraction of sp³-hybridized carbons (Fsp3) is 0.571. The highest BCUT2D eigenvalue weighted by atomic mass is 16.3. The molecule has 1 saturated carbocycles. The number of aliphatic hydroxyl groups is 1. The van der Waals surface area contributed by atoms with E-state index in [1.54, 1.807) is 0 Å². The molecule has 0 saturated heterocycles. The normalized spacial score (nSPS) is 29.9. The molecule has 1 aromatic carbocycles. The average molecular weight is 204 g/mol. The summed E-state index contributed by atoms with van der Waals surface area (Å²) in [5, 5.41) is 9.49. The summed E-state index contributed by atoms with van der Waals surface area (Å²) in [7, 11) is 0. The van der Waals surface area contributed by atoms with Crippen molar-refractivity contribution in [3.8, 4) is 0 Å². The number of benzene rings is 1. The summed E-state index contributed by atoms with van der Waals surface area (Å²) >= 11 is 0. The van der Waals surface area contributed by atoms with Gasteiger partial charge in [0.1, 0.15) is 0 Å². The van der Waals surface area contributed by atoms with Crippen molar-refractivity contribution in [2.45, 2.75) is 45.1 Å². The summed E-state index contributed by atoms with van der Waals surface area (Å²) in [4.78, 5) is 0. The van der Waals surface area contributed by atoms with Gasteiger partial charge in [0.05, 0.1) is 6.10 Å². The summed E-state index contributed by atoms with van der Waals surface area (Å²) in [6.45, 7) is 2.23. The zero-order valence-corrected chi connectivity index (χ0v) is 9.45. The van der Waals surface area contributed by atoms with Gasteiger partial charge in [-0.05, 0) is 36.7 Å². The maximum absolute atomic E-state index is 9.49. The van der Waals surface area contributed by atoms with Crippen LogP contribution in [0.25, 0.3) is 0 Å². The Labute approximate surface area is 92.1 Å². The Hall–Kier alpha value is -0.820. The second kappa shape index (κ2) is 4.36. The molecule has 1 heteroatoms. The molecule has 0 spiro atoms. The first kappa shape index (κ1) is 10.7. The molecule has 0 atom stereocenters. The highest BCUT2D eigenvalue weighted by molar-refractivity contribution is 5.18. The molecule has 1 nitrogen and oxygen atoms in total. The van der Waals surface area contributed by atoms with Crippen LogP contribution in [-0.4, -0.2) is 11.2 Å². The van der Waals surface area contributed by atoms with Crippen molar-refractivity contribution in [1.29, 1.82) is 0 Å². The molecule has 1 aromatic rings. The minimum atomic E-state index is -0.0414. The van der Waals surface area contributed by atoms with Crippen LogP contribution in [0.1, 0.15) is 38.2 Å². The SMILES string of the molecule is CCCC1(Cc2ccccc2)CC(O)C1. The van der Waals surface area contributed by atoms with E-state index in [2.05, 4.69) is 37.3 Å². The Morgan fingerprint density at radius 3 is 2.47 bits per heavy atom. The molecule has 1 fully saturated rings. The van der Waals surface area contributed by atoms with Crippen molar-refractivity contribution in [2.24, 2.45) is 5.41 Å². The lowest BCUT2D eigenvalue weighted by atomic mass is 9.61. The van der Waals surface area contributed by atoms with Crippen molar-refractivity contribution in [3.63, 3.8) is 0 Å². The Morgan fingerprint density at radius 2 is 1.93 bits per heavy atom. The second-order valence-corrected chi connectivity index (χ2v) is 4.97. The van der Waals surface area contributed by atoms with E-state index in [0.29, 0.717) is 5.41 Å². The standard InChI is InChI=1S/C14H20O/c1-2-8-14(10-13(15)11-14)9-12-6-4-3-5-7-12/h3-7,13,15H,2,8-11H2,1H3. The van der Waals surface area contributed by atoms with Crippen molar-refractivity contribution in [3.05, 3.63) is 35.9 Å². The third-order valence-electron chi connectivity index (χ3n) is 3.54. The van der Waals surface area contributed by atoms with Crippen LogP contribution >= 0.6 is 0 Å². The monoisotopic (exact) mass is 204 g/mol. The molecule has 0 bridgehead atoms. The molecule has 82 valence electrons. The molecule has 0 aromatic heterocycles. The smallest absolute Gasteiger partial charge is 0.0551 e. The fourth-order valence-corrected chi connectivity index (χ4v) is 2.94. The zero-order valence-electron chi connectivity index (χ0n) is 9.45. The Bertz CT molecular complexity index is 293. The largest absolute Gasteiger partial charge is 0.393 e. The lowest BCUT2D eigenvalue weighted by molar-refractivity contribution is -0.0375. The van der Waals surface area contributed by atoms with Crippen LogP contribution in [0.15, 0.2) is 30.3 Å². The predicted octanol–water partition coefficient (Wildman–Crippen LogP) is 3.17. The highest BCUT2D eigenvalue weighted by Crippen LogP contribution is 2.47. The predicted molar refractivity (Wildman–Crippen MR) is 62.7 cm³/mol. The number of hydrogen-bond donors (Lipinski definition) is 1. The van der Waals surface area contributed by atoms with Gasteiger partial charge in [0.2, 0.25) is 0 Å². The van der Waals surface area contributed by atoms with Gasteiger partial charge < -0.3 is 5.11 Å². The third kappa shape index (κ3) is 2.40. The fourth-order valence-electron chi connectivity index (χ4n) is 2.94. The Morgan fingerprint density at radius 1 is 1.27 bits per heavy atom. The first-order chi connectivity index (χ1) is 7.24. The summed E-state index contributed by atoms with van der Waals surface area (Å²) in [5.41, 5.74) is 1.81. The molecule has 0 aliphatic heterocycles. The topological polar surface area (TPSA) is 20.2 Å². The van der Waals surface area contributed by atoms with E-state index in [1.165, 1.54) is 18.4 Å². The number of hydrogen-bond acceptors (Lipinski definition) is 1. The van der Waals surface area contributed by atoms with E-state index in [1.807, 2.05) is 0 Å². The lowest BCUT2D eigenvalue weighted by Gasteiger charge is -2.46.